The monoisotopic (exact) mass is 370 g/mol. The molecule has 8 heteroatoms. The van der Waals surface area contributed by atoms with Crippen LogP contribution in [-0.4, -0.2) is 30.1 Å². The van der Waals surface area contributed by atoms with Gasteiger partial charge in [0.2, 0.25) is 5.91 Å². The van der Waals surface area contributed by atoms with Crippen LogP contribution >= 0.6 is 12.2 Å². The van der Waals surface area contributed by atoms with Crippen LogP contribution in [0.25, 0.3) is 10.9 Å². The van der Waals surface area contributed by atoms with Crippen LogP contribution in [0.1, 0.15) is 6.92 Å². The van der Waals surface area contributed by atoms with E-state index in [9.17, 15) is 4.79 Å². The third-order valence-corrected chi connectivity index (χ3v) is 3.90. The number of aromatic nitrogens is 2. The summed E-state index contributed by atoms with van der Waals surface area (Å²) in [5.74, 6) is 1.67. The number of H-pyrrole nitrogens is 1. The highest BCUT2D eigenvalue weighted by Gasteiger charge is 2.11. The highest BCUT2D eigenvalue weighted by Crippen LogP contribution is 2.34. The number of fused-ring (bicyclic) bond motifs is 1. The summed E-state index contributed by atoms with van der Waals surface area (Å²) in [5, 5.41) is 6.79. The number of nitrogens with zero attached hydrogens (tertiary/aromatic N) is 1. The first-order valence-electron chi connectivity index (χ1n) is 7.81. The van der Waals surface area contributed by atoms with Gasteiger partial charge in [-0.1, -0.05) is 0 Å². The molecule has 3 N–H and O–H groups in total. The minimum absolute atomic E-state index is 0.117. The van der Waals surface area contributed by atoms with Crippen molar-refractivity contribution in [2.24, 2.45) is 0 Å². The van der Waals surface area contributed by atoms with Gasteiger partial charge in [0.25, 0.3) is 0 Å². The highest BCUT2D eigenvalue weighted by atomic mass is 32.1. The van der Waals surface area contributed by atoms with E-state index in [-0.39, 0.29) is 5.91 Å². The van der Waals surface area contributed by atoms with Gasteiger partial charge in [-0.15, -0.1) is 0 Å². The average molecular weight is 370 g/mol. The third-order valence-electron chi connectivity index (χ3n) is 3.70. The fourth-order valence-electron chi connectivity index (χ4n) is 2.56. The number of aromatic amines is 1. The van der Waals surface area contributed by atoms with Crippen LogP contribution in [0.4, 0.5) is 17.2 Å². The number of carbonyl (C=O) groups is 1. The Morgan fingerprint density at radius 3 is 2.31 bits per heavy atom. The fraction of sp³-hybridized carbons (Fsp3) is 0.167. The summed E-state index contributed by atoms with van der Waals surface area (Å²) < 4.78 is 11.1. The van der Waals surface area contributed by atoms with Gasteiger partial charge in [-0.3, -0.25) is 4.79 Å². The Labute approximate surface area is 155 Å². The topological polar surface area (TPSA) is 88.3 Å². The van der Waals surface area contributed by atoms with Gasteiger partial charge in [0.1, 0.15) is 5.82 Å². The lowest BCUT2D eigenvalue weighted by Gasteiger charge is -2.13. The molecule has 0 unspecified atom stereocenters. The molecule has 0 aliphatic rings. The van der Waals surface area contributed by atoms with E-state index in [1.807, 2.05) is 24.3 Å². The number of anilines is 3. The van der Waals surface area contributed by atoms with Gasteiger partial charge in [-0.25, -0.2) is 4.98 Å². The van der Waals surface area contributed by atoms with Crippen LogP contribution in [0.15, 0.2) is 36.4 Å². The molecule has 1 amide bonds. The third kappa shape index (κ3) is 3.75. The lowest BCUT2D eigenvalue weighted by atomic mass is 10.2. The molecular formula is C18H18N4O3S. The Bertz CT molecular complexity index is 1020. The summed E-state index contributed by atoms with van der Waals surface area (Å²) in [6.07, 6.45) is 0. The zero-order valence-corrected chi connectivity index (χ0v) is 15.4. The molecule has 134 valence electrons. The zero-order chi connectivity index (χ0) is 18.7. The maximum Gasteiger partial charge on any atom is 0.221 e. The maximum absolute atomic E-state index is 11.1. The number of benzene rings is 2. The Morgan fingerprint density at radius 1 is 1.08 bits per heavy atom. The minimum atomic E-state index is -0.117. The van der Waals surface area contributed by atoms with Crippen LogP contribution in [0.5, 0.6) is 11.5 Å². The molecule has 2 aromatic carbocycles. The smallest absolute Gasteiger partial charge is 0.221 e. The van der Waals surface area contributed by atoms with Crippen molar-refractivity contribution in [2.75, 3.05) is 24.9 Å². The number of methoxy groups -OCH3 is 2. The van der Waals surface area contributed by atoms with Crippen molar-refractivity contribution in [3.05, 3.63) is 41.2 Å². The minimum Gasteiger partial charge on any atom is -0.493 e. The molecule has 1 heterocycles. The Morgan fingerprint density at radius 2 is 1.69 bits per heavy atom. The second-order valence-corrected chi connectivity index (χ2v) is 5.91. The number of rotatable bonds is 5. The molecule has 0 saturated carbocycles. The van der Waals surface area contributed by atoms with Crippen molar-refractivity contribution in [3.63, 3.8) is 0 Å². The number of amides is 1. The Balaban J connectivity index is 2.01. The van der Waals surface area contributed by atoms with Crippen molar-refractivity contribution < 1.29 is 14.3 Å². The van der Waals surface area contributed by atoms with Gasteiger partial charge >= 0.3 is 0 Å². The number of hydrogen-bond donors (Lipinski definition) is 3. The highest BCUT2D eigenvalue weighted by molar-refractivity contribution is 7.71. The van der Waals surface area contributed by atoms with E-state index in [4.69, 9.17) is 21.7 Å². The van der Waals surface area contributed by atoms with Gasteiger partial charge in [0.05, 0.1) is 19.7 Å². The summed E-state index contributed by atoms with van der Waals surface area (Å²) in [7, 11) is 3.16. The van der Waals surface area contributed by atoms with E-state index >= 15 is 0 Å². The van der Waals surface area contributed by atoms with Crippen LogP contribution in [0.3, 0.4) is 0 Å². The molecule has 7 nitrogen and oxygen atoms in total. The lowest BCUT2D eigenvalue weighted by molar-refractivity contribution is -0.114. The predicted molar refractivity (Wildman–Crippen MR) is 104 cm³/mol. The van der Waals surface area contributed by atoms with Crippen molar-refractivity contribution in [1.29, 1.82) is 0 Å². The molecule has 0 atom stereocenters. The summed E-state index contributed by atoms with van der Waals surface area (Å²) in [6.45, 7) is 1.47. The van der Waals surface area contributed by atoms with E-state index in [1.165, 1.54) is 6.92 Å². The van der Waals surface area contributed by atoms with Crippen molar-refractivity contribution in [2.45, 2.75) is 6.92 Å². The average Bonchev–Trinajstić information content (AvgIpc) is 2.61. The first-order valence-corrected chi connectivity index (χ1v) is 8.21. The number of hydrogen-bond acceptors (Lipinski definition) is 6. The molecule has 0 fully saturated rings. The molecule has 1 aromatic heterocycles. The maximum atomic E-state index is 11.1. The van der Waals surface area contributed by atoms with Crippen molar-refractivity contribution >= 4 is 46.2 Å². The zero-order valence-electron chi connectivity index (χ0n) is 14.5. The Hall–Kier alpha value is -3.13. The van der Waals surface area contributed by atoms with Gasteiger partial charge in [-0.2, -0.15) is 0 Å². The number of carbonyl (C=O) groups excluding carboxylic acids is 1. The van der Waals surface area contributed by atoms with Crippen molar-refractivity contribution in [1.82, 2.24) is 9.97 Å². The van der Waals surface area contributed by atoms with Gasteiger partial charge < -0.3 is 25.1 Å². The quantitative estimate of drug-likeness (QED) is 0.588. The summed E-state index contributed by atoms with van der Waals surface area (Å²) in [4.78, 5) is 18.5. The molecular weight excluding hydrogens is 352 g/mol. The van der Waals surface area contributed by atoms with E-state index in [1.54, 1.807) is 26.4 Å². The van der Waals surface area contributed by atoms with Gasteiger partial charge in [-0.05, 0) is 42.5 Å². The van der Waals surface area contributed by atoms with E-state index < -0.39 is 0 Å². The summed E-state index contributed by atoms with van der Waals surface area (Å²) in [5.41, 5.74) is 2.31. The number of ether oxygens (including phenoxy) is 2. The normalized spacial score (nSPS) is 10.4. The first kappa shape index (κ1) is 17.7. The largest absolute Gasteiger partial charge is 0.493 e. The lowest BCUT2D eigenvalue weighted by Crippen LogP contribution is -2.05. The molecule has 26 heavy (non-hydrogen) atoms. The summed E-state index contributed by atoms with van der Waals surface area (Å²) in [6, 6.07) is 11.0. The van der Waals surface area contributed by atoms with Gasteiger partial charge in [0.15, 0.2) is 16.3 Å². The standard InChI is InChI=1S/C18H18N4O3S/c1-10(23)19-11-4-6-12(7-5-11)20-17-13-8-15(24-2)16(25-3)9-14(13)21-18(26)22-17/h4-9H,1-3H3,(H,19,23)(H2,20,21,22,26). The molecule has 0 aliphatic carbocycles. The van der Waals surface area contributed by atoms with E-state index in [2.05, 4.69) is 20.6 Å². The second-order valence-electron chi connectivity index (χ2n) is 5.53. The fourth-order valence-corrected chi connectivity index (χ4v) is 2.76. The van der Waals surface area contributed by atoms with E-state index in [0.717, 1.165) is 22.3 Å². The van der Waals surface area contributed by atoms with Crippen LogP contribution in [-0.2, 0) is 4.79 Å². The second kappa shape index (κ2) is 7.40. The predicted octanol–water partition coefficient (Wildman–Crippen LogP) is 4.01. The Kier molecular flexibility index (Phi) is 5.04. The molecule has 0 bridgehead atoms. The molecule has 0 aliphatic heterocycles. The SMILES string of the molecule is COc1cc2[nH]c(=S)nc(Nc3ccc(NC(C)=O)cc3)c2cc1OC. The van der Waals surface area contributed by atoms with E-state index in [0.29, 0.717) is 22.1 Å². The molecule has 0 spiro atoms. The molecule has 3 rings (SSSR count). The molecule has 0 saturated heterocycles. The van der Waals surface area contributed by atoms with Gasteiger partial charge in [0, 0.05) is 29.8 Å². The molecule has 0 radical (unpaired) electrons. The van der Waals surface area contributed by atoms with Crippen LogP contribution < -0.4 is 20.1 Å². The van der Waals surface area contributed by atoms with Crippen LogP contribution in [0.2, 0.25) is 0 Å². The first-order chi connectivity index (χ1) is 12.5. The van der Waals surface area contributed by atoms with Crippen molar-refractivity contribution in [3.8, 4) is 11.5 Å². The number of nitrogens with one attached hydrogen (secondary N) is 3. The molecule has 3 aromatic rings. The van der Waals surface area contributed by atoms with Crippen LogP contribution in [0, 0.1) is 4.77 Å². The summed E-state index contributed by atoms with van der Waals surface area (Å²) >= 11 is 5.23.